The quantitative estimate of drug-likeness (QED) is 0.562. The Morgan fingerprint density at radius 2 is 1.96 bits per heavy atom. The minimum atomic E-state index is 0.464. The number of nitrogens with zero attached hydrogens (tertiary/aromatic N) is 1. The van der Waals surface area contributed by atoms with Gasteiger partial charge in [-0.2, -0.15) is 0 Å². The van der Waals surface area contributed by atoms with Gasteiger partial charge in [-0.25, -0.2) is 0 Å². The fourth-order valence-electron chi connectivity index (χ4n) is 3.05. The van der Waals surface area contributed by atoms with Crippen molar-refractivity contribution in [3.05, 3.63) is 60.7 Å². The standard InChI is InChI=1S/C22H24N2O3S/c1-2-11-25-19-6-4-3-5-16(19)15-24(22(28)23-17-7-8-17)18-9-10-20-21(14-18)27-13-12-26-20/h2-6,9-10,14,17H,1,7-8,11-13,15H2,(H,23,28). The van der Waals surface area contributed by atoms with E-state index >= 15 is 0 Å². The zero-order valence-corrected chi connectivity index (χ0v) is 16.5. The smallest absolute Gasteiger partial charge is 0.173 e. The van der Waals surface area contributed by atoms with E-state index in [1.165, 1.54) is 0 Å². The SMILES string of the molecule is C=CCOc1ccccc1CN(C(=S)NC1CC1)c1ccc2c(c1)OCCO2. The van der Waals surface area contributed by atoms with E-state index in [4.69, 9.17) is 26.4 Å². The summed E-state index contributed by atoms with van der Waals surface area (Å²) in [5.74, 6) is 2.35. The van der Waals surface area contributed by atoms with Crippen LogP contribution in [-0.4, -0.2) is 31.0 Å². The number of hydrogen-bond acceptors (Lipinski definition) is 4. The summed E-state index contributed by atoms with van der Waals surface area (Å²) in [6, 6.07) is 14.4. The predicted molar refractivity (Wildman–Crippen MR) is 115 cm³/mol. The fourth-order valence-corrected chi connectivity index (χ4v) is 3.39. The van der Waals surface area contributed by atoms with E-state index < -0.39 is 0 Å². The Morgan fingerprint density at radius 1 is 1.18 bits per heavy atom. The molecule has 1 saturated carbocycles. The molecule has 0 spiro atoms. The van der Waals surface area contributed by atoms with Crippen molar-refractivity contribution in [1.29, 1.82) is 0 Å². The maximum Gasteiger partial charge on any atom is 0.173 e. The zero-order chi connectivity index (χ0) is 19.3. The maximum atomic E-state index is 5.83. The molecule has 146 valence electrons. The van der Waals surface area contributed by atoms with Gasteiger partial charge < -0.3 is 24.4 Å². The van der Waals surface area contributed by atoms with Crippen molar-refractivity contribution in [1.82, 2.24) is 5.32 Å². The Morgan fingerprint density at radius 3 is 2.75 bits per heavy atom. The van der Waals surface area contributed by atoms with Gasteiger partial charge in [0.05, 0.1) is 6.54 Å². The first-order chi connectivity index (χ1) is 13.7. The Bertz CT molecular complexity index is 867. The minimum absolute atomic E-state index is 0.464. The van der Waals surface area contributed by atoms with Gasteiger partial charge in [0.1, 0.15) is 25.6 Å². The molecule has 28 heavy (non-hydrogen) atoms. The van der Waals surface area contributed by atoms with Crippen molar-refractivity contribution in [2.24, 2.45) is 0 Å². The highest BCUT2D eigenvalue weighted by molar-refractivity contribution is 7.80. The molecule has 1 heterocycles. The van der Waals surface area contributed by atoms with Gasteiger partial charge in [0.15, 0.2) is 16.6 Å². The summed E-state index contributed by atoms with van der Waals surface area (Å²) in [7, 11) is 0. The van der Waals surface area contributed by atoms with Gasteiger partial charge in [-0.15, -0.1) is 0 Å². The number of rotatable bonds is 7. The Labute approximate surface area is 170 Å². The second kappa shape index (κ2) is 8.52. The van der Waals surface area contributed by atoms with Gasteiger partial charge in [0, 0.05) is 23.4 Å². The van der Waals surface area contributed by atoms with Gasteiger partial charge in [0.25, 0.3) is 0 Å². The molecule has 2 aliphatic rings. The van der Waals surface area contributed by atoms with E-state index in [9.17, 15) is 0 Å². The van der Waals surface area contributed by atoms with Crippen molar-refractivity contribution >= 4 is 23.0 Å². The van der Waals surface area contributed by atoms with Crippen molar-refractivity contribution in [2.75, 3.05) is 24.7 Å². The summed E-state index contributed by atoms with van der Waals surface area (Å²) in [4.78, 5) is 2.09. The van der Waals surface area contributed by atoms with Crippen molar-refractivity contribution < 1.29 is 14.2 Å². The van der Waals surface area contributed by atoms with Crippen molar-refractivity contribution in [3.63, 3.8) is 0 Å². The second-order valence-electron chi connectivity index (χ2n) is 6.85. The van der Waals surface area contributed by atoms with Crippen LogP contribution in [0.5, 0.6) is 17.2 Å². The second-order valence-corrected chi connectivity index (χ2v) is 7.23. The van der Waals surface area contributed by atoms with Crippen LogP contribution in [0.15, 0.2) is 55.1 Å². The number of hydrogen-bond donors (Lipinski definition) is 1. The number of thiocarbonyl (C=S) groups is 1. The topological polar surface area (TPSA) is 43.0 Å². The molecule has 2 aromatic rings. The van der Waals surface area contributed by atoms with Gasteiger partial charge in [-0.1, -0.05) is 30.9 Å². The molecule has 5 nitrogen and oxygen atoms in total. The zero-order valence-electron chi connectivity index (χ0n) is 15.7. The highest BCUT2D eigenvalue weighted by Crippen LogP contribution is 2.35. The number of ether oxygens (including phenoxy) is 3. The van der Waals surface area contributed by atoms with Gasteiger partial charge >= 0.3 is 0 Å². The van der Waals surface area contributed by atoms with E-state index in [1.807, 2.05) is 36.4 Å². The molecule has 0 unspecified atom stereocenters. The van der Waals surface area contributed by atoms with Crippen LogP contribution in [0.3, 0.4) is 0 Å². The first kappa shape index (κ1) is 18.6. The molecule has 0 amide bonds. The third kappa shape index (κ3) is 4.39. The fraction of sp³-hybridized carbons (Fsp3) is 0.318. The lowest BCUT2D eigenvalue weighted by Crippen LogP contribution is -2.40. The van der Waals surface area contributed by atoms with Gasteiger partial charge in [-0.3, -0.25) is 0 Å². The summed E-state index contributed by atoms with van der Waals surface area (Å²) in [6.07, 6.45) is 4.07. The van der Waals surface area contributed by atoms with Crippen LogP contribution >= 0.6 is 12.2 Å². The average molecular weight is 397 g/mol. The molecule has 4 rings (SSSR count). The molecule has 1 N–H and O–H groups in total. The van der Waals surface area contributed by atoms with Gasteiger partial charge in [0.2, 0.25) is 0 Å². The maximum absolute atomic E-state index is 5.83. The molecule has 6 heteroatoms. The number of benzene rings is 2. The number of anilines is 1. The van der Waals surface area contributed by atoms with Crippen LogP contribution in [0.25, 0.3) is 0 Å². The monoisotopic (exact) mass is 396 g/mol. The summed E-state index contributed by atoms with van der Waals surface area (Å²) >= 11 is 5.74. The van der Waals surface area contributed by atoms with E-state index in [0.29, 0.717) is 37.5 Å². The Balaban J connectivity index is 1.62. The normalized spacial score (nSPS) is 14.9. The predicted octanol–water partition coefficient (Wildman–Crippen LogP) is 4.07. The van der Waals surface area contributed by atoms with E-state index in [0.717, 1.165) is 41.3 Å². The van der Waals surface area contributed by atoms with Crippen LogP contribution in [0.4, 0.5) is 5.69 Å². The molecule has 2 aromatic carbocycles. The Hall–Kier alpha value is -2.73. The molecule has 1 aliphatic carbocycles. The third-order valence-corrected chi connectivity index (χ3v) is 4.98. The first-order valence-corrected chi connectivity index (χ1v) is 9.94. The first-order valence-electron chi connectivity index (χ1n) is 9.54. The van der Waals surface area contributed by atoms with Crippen molar-refractivity contribution in [3.8, 4) is 17.2 Å². The van der Waals surface area contributed by atoms with Crippen LogP contribution in [-0.2, 0) is 6.54 Å². The highest BCUT2D eigenvalue weighted by Gasteiger charge is 2.26. The molecular formula is C22H24N2O3S. The van der Waals surface area contributed by atoms with Gasteiger partial charge in [-0.05, 0) is 43.3 Å². The molecule has 1 fully saturated rings. The molecular weight excluding hydrogens is 372 g/mol. The molecule has 0 aromatic heterocycles. The summed E-state index contributed by atoms with van der Waals surface area (Å²) in [5.41, 5.74) is 2.01. The van der Waals surface area contributed by atoms with E-state index in [2.05, 4.69) is 22.9 Å². The molecule has 0 bridgehead atoms. The highest BCUT2D eigenvalue weighted by atomic mass is 32.1. The molecule has 1 aliphatic heterocycles. The lowest BCUT2D eigenvalue weighted by Gasteiger charge is -2.28. The third-order valence-electron chi connectivity index (χ3n) is 4.65. The van der Waals surface area contributed by atoms with Crippen LogP contribution in [0, 0.1) is 0 Å². The lowest BCUT2D eigenvalue weighted by atomic mass is 10.1. The minimum Gasteiger partial charge on any atom is -0.489 e. The van der Waals surface area contributed by atoms with E-state index in [-0.39, 0.29) is 0 Å². The number of para-hydroxylation sites is 1. The van der Waals surface area contributed by atoms with Crippen molar-refractivity contribution in [2.45, 2.75) is 25.4 Å². The molecule has 0 radical (unpaired) electrons. The Kier molecular flexibility index (Phi) is 5.67. The number of fused-ring (bicyclic) bond motifs is 1. The number of nitrogens with one attached hydrogen (secondary N) is 1. The summed E-state index contributed by atoms with van der Waals surface area (Å²) in [6.45, 7) is 5.91. The summed E-state index contributed by atoms with van der Waals surface area (Å²) in [5, 5.41) is 4.15. The van der Waals surface area contributed by atoms with Crippen LogP contribution in [0.2, 0.25) is 0 Å². The molecule has 0 saturated heterocycles. The van der Waals surface area contributed by atoms with Crippen LogP contribution < -0.4 is 24.4 Å². The lowest BCUT2D eigenvalue weighted by molar-refractivity contribution is 0.171. The van der Waals surface area contributed by atoms with Crippen LogP contribution in [0.1, 0.15) is 18.4 Å². The largest absolute Gasteiger partial charge is 0.489 e. The molecule has 0 atom stereocenters. The average Bonchev–Trinajstić information content (AvgIpc) is 3.54. The summed E-state index contributed by atoms with van der Waals surface area (Å²) < 4.78 is 17.3. The van der Waals surface area contributed by atoms with E-state index in [1.54, 1.807) is 6.08 Å².